The smallest absolute Gasteiger partial charge is 0.410 e. The summed E-state index contributed by atoms with van der Waals surface area (Å²) in [7, 11) is 0. The number of carbonyl (C=O) groups excluding carboxylic acids is 1. The minimum absolute atomic E-state index is 0.178. The average molecular weight is 242 g/mol. The number of rotatable bonds is 1. The first kappa shape index (κ1) is 14.3. The van der Waals surface area contributed by atoms with Gasteiger partial charge in [0, 0.05) is 12.6 Å². The van der Waals surface area contributed by atoms with E-state index in [0.717, 1.165) is 25.8 Å². The molecule has 1 rings (SSSR count). The van der Waals surface area contributed by atoms with Crippen molar-refractivity contribution in [2.24, 2.45) is 11.7 Å². The van der Waals surface area contributed by atoms with E-state index in [2.05, 4.69) is 6.92 Å². The lowest BCUT2D eigenvalue weighted by Gasteiger charge is -2.33. The molecule has 0 bridgehead atoms. The predicted octanol–water partition coefficient (Wildman–Crippen LogP) is 2.37. The first-order valence-corrected chi connectivity index (χ1v) is 6.55. The van der Waals surface area contributed by atoms with E-state index in [1.165, 1.54) is 0 Å². The summed E-state index contributed by atoms with van der Waals surface area (Å²) in [5, 5.41) is 0. The normalized spacial score (nSPS) is 26.5. The predicted molar refractivity (Wildman–Crippen MR) is 68.8 cm³/mol. The number of ether oxygens (including phenoxy) is 1. The number of nitrogens with two attached hydrogens (primary N) is 1. The maximum absolute atomic E-state index is 12.1. The van der Waals surface area contributed by atoms with Crippen molar-refractivity contribution in [3.8, 4) is 0 Å². The second-order valence-corrected chi connectivity index (χ2v) is 5.91. The van der Waals surface area contributed by atoms with Crippen LogP contribution < -0.4 is 5.73 Å². The molecule has 1 aliphatic heterocycles. The van der Waals surface area contributed by atoms with Crippen LogP contribution in [0, 0.1) is 5.92 Å². The van der Waals surface area contributed by atoms with Crippen molar-refractivity contribution in [3.05, 3.63) is 0 Å². The first-order valence-electron chi connectivity index (χ1n) is 6.55. The van der Waals surface area contributed by atoms with Crippen LogP contribution in [0.25, 0.3) is 0 Å². The van der Waals surface area contributed by atoms with Gasteiger partial charge in [0.25, 0.3) is 0 Å². The number of likely N-dealkylation sites (tertiary alicyclic amines) is 1. The standard InChI is InChI=1S/C13H26N2O2/c1-10-11(9-14)7-5-6-8-15(10)12(16)17-13(2,3)4/h10-11H,5-9,14H2,1-4H3/t10-,11-/m1/s1. The van der Waals surface area contributed by atoms with Gasteiger partial charge in [-0.2, -0.15) is 0 Å². The topological polar surface area (TPSA) is 55.6 Å². The number of amides is 1. The molecule has 0 unspecified atom stereocenters. The van der Waals surface area contributed by atoms with E-state index < -0.39 is 5.60 Å². The third kappa shape index (κ3) is 4.19. The summed E-state index contributed by atoms with van der Waals surface area (Å²) < 4.78 is 5.44. The van der Waals surface area contributed by atoms with Crippen LogP contribution in [0.1, 0.15) is 47.0 Å². The average Bonchev–Trinajstić information content (AvgIpc) is 2.37. The van der Waals surface area contributed by atoms with Crippen molar-refractivity contribution in [2.45, 2.75) is 58.6 Å². The molecule has 0 radical (unpaired) electrons. The molecule has 0 spiro atoms. The van der Waals surface area contributed by atoms with Gasteiger partial charge in [-0.1, -0.05) is 6.42 Å². The molecule has 1 aliphatic rings. The lowest BCUT2D eigenvalue weighted by Crippen LogP contribution is -2.46. The fraction of sp³-hybridized carbons (Fsp3) is 0.923. The maximum Gasteiger partial charge on any atom is 0.410 e. The van der Waals surface area contributed by atoms with Gasteiger partial charge >= 0.3 is 6.09 Å². The molecule has 4 heteroatoms. The van der Waals surface area contributed by atoms with Crippen molar-refractivity contribution in [3.63, 3.8) is 0 Å². The lowest BCUT2D eigenvalue weighted by atomic mass is 9.96. The van der Waals surface area contributed by atoms with Crippen LogP contribution >= 0.6 is 0 Å². The second kappa shape index (κ2) is 5.71. The molecule has 0 aromatic rings. The Morgan fingerprint density at radius 3 is 2.59 bits per heavy atom. The van der Waals surface area contributed by atoms with Crippen molar-refractivity contribution in [1.29, 1.82) is 0 Å². The van der Waals surface area contributed by atoms with Crippen LogP contribution in [0.2, 0.25) is 0 Å². The zero-order valence-corrected chi connectivity index (χ0v) is 11.5. The molecule has 4 nitrogen and oxygen atoms in total. The van der Waals surface area contributed by atoms with Gasteiger partial charge in [-0.3, -0.25) is 0 Å². The fourth-order valence-corrected chi connectivity index (χ4v) is 2.28. The molecular weight excluding hydrogens is 216 g/mol. The molecule has 0 saturated carbocycles. The van der Waals surface area contributed by atoms with E-state index in [1.54, 1.807) is 0 Å². The molecule has 0 aromatic heterocycles. The highest BCUT2D eigenvalue weighted by molar-refractivity contribution is 5.68. The summed E-state index contributed by atoms with van der Waals surface area (Å²) in [6.45, 7) is 9.19. The van der Waals surface area contributed by atoms with E-state index >= 15 is 0 Å². The minimum Gasteiger partial charge on any atom is -0.444 e. The number of carbonyl (C=O) groups is 1. The summed E-state index contributed by atoms with van der Waals surface area (Å²) in [4.78, 5) is 13.9. The highest BCUT2D eigenvalue weighted by Gasteiger charge is 2.31. The van der Waals surface area contributed by atoms with Gasteiger partial charge in [0.2, 0.25) is 0 Å². The van der Waals surface area contributed by atoms with E-state index in [4.69, 9.17) is 10.5 Å². The number of hydrogen-bond acceptors (Lipinski definition) is 3. The molecule has 0 aliphatic carbocycles. The quantitative estimate of drug-likeness (QED) is 0.768. The summed E-state index contributed by atoms with van der Waals surface area (Å²) in [6.07, 6.45) is 3.09. The third-order valence-corrected chi connectivity index (χ3v) is 3.33. The zero-order chi connectivity index (χ0) is 13.1. The molecule has 100 valence electrons. The van der Waals surface area contributed by atoms with Gasteiger partial charge in [0.1, 0.15) is 5.60 Å². The Labute approximate surface area is 104 Å². The number of nitrogens with zero attached hydrogens (tertiary/aromatic N) is 1. The van der Waals surface area contributed by atoms with Gasteiger partial charge in [-0.25, -0.2) is 4.79 Å². The Morgan fingerprint density at radius 2 is 2.06 bits per heavy atom. The van der Waals surface area contributed by atoms with Crippen LogP contribution in [-0.4, -0.2) is 35.7 Å². The molecule has 2 N–H and O–H groups in total. The zero-order valence-electron chi connectivity index (χ0n) is 11.5. The van der Waals surface area contributed by atoms with Crippen LogP contribution in [0.5, 0.6) is 0 Å². The SMILES string of the molecule is C[C@@H]1[C@@H](CN)CCCCN1C(=O)OC(C)(C)C. The van der Waals surface area contributed by atoms with Crippen LogP contribution in [0.4, 0.5) is 4.79 Å². The summed E-state index contributed by atoms with van der Waals surface area (Å²) >= 11 is 0. The highest BCUT2D eigenvalue weighted by atomic mass is 16.6. The van der Waals surface area contributed by atoms with Crippen molar-refractivity contribution < 1.29 is 9.53 Å². The van der Waals surface area contributed by atoms with E-state index in [-0.39, 0.29) is 12.1 Å². The Hall–Kier alpha value is -0.770. The van der Waals surface area contributed by atoms with Crippen molar-refractivity contribution >= 4 is 6.09 Å². The minimum atomic E-state index is -0.429. The van der Waals surface area contributed by atoms with Gasteiger partial charge < -0.3 is 15.4 Å². The van der Waals surface area contributed by atoms with Gasteiger partial charge in [-0.15, -0.1) is 0 Å². The Balaban J connectivity index is 2.69. The van der Waals surface area contributed by atoms with Gasteiger partial charge in [-0.05, 0) is 53.0 Å². The molecule has 1 amide bonds. The van der Waals surface area contributed by atoms with Crippen molar-refractivity contribution in [2.75, 3.05) is 13.1 Å². The molecule has 1 saturated heterocycles. The van der Waals surface area contributed by atoms with Crippen LogP contribution in [-0.2, 0) is 4.74 Å². The van der Waals surface area contributed by atoms with E-state index in [9.17, 15) is 4.79 Å². The van der Waals surface area contributed by atoms with Crippen LogP contribution in [0.3, 0.4) is 0 Å². The summed E-state index contributed by atoms with van der Waals surface area (Å²) in [6, 6.07) is 0.178. The highest BCUT2D eigenvalue weighted by Crippen LogP contribution is 2.23. The third-order valence-electron chi connectivity index (χ3n) is 3.33. The molecular formula is C13H26N2O2. The van der Waals surface area contributed by atoms with E-state index in [0.29, 0.717) is 12.5 Å². The lowest BCUT2D eigenvalue weighted by molar-refractivity contribution is 0.0142. The van der Waals surface area contributed by atoms with Crippen molar-refractivity contribution in [1.82, 2.24) is 4.90 Å². The Kier molecular flexibility index (Phi) is 4.80. The van der Waals surface area contributed by atoms with Gasteiger partial charge in [0.05, 0.1) is 0 Å². The maximum atomic E-state index is 12.1. The Bertz CT molecular complexity index is 261. The van der Waals surface area contributed by atoms with Crippen LogP contribution in [0.15, 0.2) is 0 Å². The van der Waals surface area contributed by atoms with Gasteiger partial charge in [0.15, 0.2) is 0 Å². The van der Waals surface area contributed by atoms with E-state index in [1.807, 2.05) is 25.7 Å². The number of hydrogen-bond donors (Lipinski definition) is 1. The second-order valence-electron chi connectivity index (χ2n) is 5.91. The molecule has 1 heterocycles. The fourth-order valence-electron chi connectivity index (χ4n) is 2.28. The largest absolute Gasteiger partial charge is 0.444 e. The monoisotopic (exact) mass is 242 g/mol. The molecule has 17 heavy (non-hydrogen) atoms. The first-order chi connectivity index (χ1) is 7.85. The molecule has 2 atom stereocenters. The summed E-state index contributed by atoms with van der Waals surface area (Å²) in [5.41, 5.74) is 5.34. The Morgan fingerprint density at radius 1 is 1.41 bits per heavy atom. The molecule has 1 fully saturated rings. The molecule has 0 aromatic carbocycles. The summed E-state index contributed by atoms with van der Waals surface area (Å²) in [5.74, 6) is 0.394.